The zero-order valence-corrected chi connectivity index (χ0v) is 18.3. The van der Waals surface area contributed by atoms with Crippen molar-refractivity contribution in [3.63, 3.8) is 0 Å². The Morgan fingerprint density at radius 2 is 1.59 bits per heavy atom. The fourth-order valence-corrected chi connectivity index (χ4v) is 3.91. The van der Waals surface area contributed by atoms with Crippen LogP contribution < -0.4 is 9.64 Å². The molecule has 1 unspecified atom stereocenters. The third-order valence-electron chi connectivity index (χ3n) is 5.20. The molecule has 1 aliphatic heterocycles. The lowest BCUT2D eigenvalue weighted by atomic mass is 9.95. The van der Waals surface area contributed by atoms with Gasteiger partial charge in [0.1, 0.15) is 17.3 Å². The van der Waals surface area contributed by atoms with Gasteiger partial charge in [0, 0.05) is 11.3 Å². The van der Waals surface area contributed by atoms with Crippen molar-refractivity contribution < 1.29 is 24.5 Å². The SMILES string of the molecule is COc1ccc(N2C(=O)C(=O)/C(=C(\O)c3ccc(Cl)c(Cl)c3)C2c2ccc(O)cc2)cc1. The molecule has 2 N–H and O–H groups in total. The summed E-state index contributed by atoms with van der Waals surface area (Å²) in [6, 6.07) is 16.2. The van der Waals surface area contributed by atoms with Crippen molar-refractivity contribution in [2.75, 3.05) is 12.0 Å². The number of carbonyl (C=O) groups excluding carboxylic acids is 2. The Morgan fingerprint density at radius 1 is 0.938 bits per heavy atom. The molecule has 8 heteroatoms. The number of hydrogen-bond donors (Lipinski definition) is 2. The molecule has 0 bridgehead atoms. The van der Waals surface area contributed by atoms with E-state index in [-0.39, 0.29) is 32.7 Å². The number of ether oxygens (including phenoxy) is 1. The summed E-state index contributed by atoms with van der Waals surface area (Å²) < 4.78 is 5.17. The Bertz CT molecular complexity index is 1240. The second-order valence-corrected chi connectivity index (χ2v) is 7.90. The Kier molecular flexibility index (Phi) is 5.82. The smallest absolute Gasteiger partial charge is 0.300 e. The van der Waals surface area contributed by atoms with Gasteiger partial charge in [0.15, 0.2) is 0 Å². The second kappa shape index (κ2) is 8.57. The van der Waals surface area contributed by atoms with E-state index in [4.69, 9.17) is 27.9 Å². The Hall–Kier alpha value is -3.48. The van der Waals surface area contributed by atoms with Crippen LogP contribution in [0.3, 0.4) is 0 Å². The van der Waals surface area contributed by atoms with Crippen LogP contribution in [0.4, 0.5) is 5.69 Å². The summed E-state index contributed by atoms with van der Waals surface area (Å²) in [6.07, 6.45) is 0. The van der Waals surface area contributed by atoms with Crippen LogP contribution >= 0.6 is 23.2 Å². The van der Waals surface area contributed by atoms with Gasteiger partial charge < -0.3 is 14.9 Å². The van der Waals surface area contributed by atoms with E-state index in [2.05, 4.69) is 0 Å². The Labute approximate surface area is 193 Å². The Balaban J connectivity index is 1.92. The summed E-state index contributed by atoms with van der Waals surface area (Å²) in [5, 5.41) is 21.3. The highest BCUT2D eigenvalue weighted by Gasteiger charge is 2.47. The molecule has 1 heterocycles. The van der Waals surface area contributed by atoms with Gasteiger partial charge in [0.2, 0.25) is 0 Å². The summed E-state index contributed by atoms with van der Waals surface area (Å²) in [6.45, 7) is 0. The molecular weight excluding hydrogens is 453 g/mol. The van der Waals surface area contributed by atoms with Gasteiger partial charge in [-0.1, -0.05) is 35.3 Å². The van der Waals surface area contributed by atoms with Crippen LogP contribution in [-0.4, -0.2) is 29.0 Å². The van der Waals surface area contributed by atoms with E-state index >= 15 is 0 Å². The molecule has 4 rings (SSSR count). The number of rotatable bonds is 4. The van der Waals surface area contributed by atoms with Gasteiger partial charge in [-0.2, -0.15) is 0 Å². The number of anilines is 1. The maximum atomic E-state index is 13.1. The average molecular weight is 470 g/mol. The molecule has 0 aromatic heterocycles. The van der Waals surface area contributed by atoms with Crippen molar-refractivity contribution >= 4 is 46.3 Å². The third kappa shape index (κ3) is 3.79. The number of amides is 1. The highest BCUT2D eigenvalue weighted by Crippen LogP contribution is 2.43. The van der Waals surface area contributed by atoms with E-state index in [1.54, 1.807) is 36.4 Å². The van der Waals surface area contributed by atoms with Crippen molar-refractivity contribution in [3.8, 4) is 11.5 Å². The number of Topliss-reactive ketones (excluding diaryl/α,β-unsaturated/α-hetero) is 1. The van der Waals surface area contributed by atoms with Crippen LogP contribution in [0.15, 0.2) is 72.3 Å². The fraction of sp³-hybridized carbons (Fsp3) is 0.0833. The first kappa shape index (κ1) is 21.7. The molecule has 0 radical (unpaired) electrons. The highest BCUT2D eigenvalue weighted by molar-refractivity contribution is 6.51. The molecule has 1 atom stereocenters. The molecule has 1 aliphatic rings. The fourth-order valence-electron chi connectivity index (χ4n) is 3.61. The number of benzene rings is 3. The van der Waals surface area contributed by atoms with Gasteiger partial charge in [0.05, 0.1) is 28.8 Å². The van der Waals surface area contributed by atoms with Crippen molar-refractivity contribution in [3.05, 3.63) is 93.5 Å². The predicted octanol–water partition coefficient (Wildman–Crippen LogP) is 5.33. The van der Waals surface area contributed by atoms with Crippen molar-refractivity contribution in [2.24, 2.45) is 0 Å². The van der Waals surface area contributed by atoms with Crippen LogP contribution in [0.2, 0.25) is 10.0 Å². The van der Waals surface area contributed by atoms with Gasteiger partial charge in [-0.25, -0.2) is 0 Å². The molecule has 1 amide bonds. The van der Waals surface area contributed by atoms with Crippen LogP contribution in [0.1, 0.15) is 17.2 Å². The number of hydrogen-bond acceptors (Lipinski definition) is 5. The largest absolute Gasteiger partial charge is 0.508 e. The topological polar surface area (TPSA) is 87.1 Å². The quantitative estimate of drug-likeness (QED) is 0.306. The molecule has 162 valence electrons. The van der Waals surface area contributed by atoms with Gasteiger partial charge in [-0.15, -0.1) is 0 Å². The van der Waals surface area contributed by atoms with Crippen molar-refractivity contribution in [2.45, 2.75) is 6.04 Å². The predicted molar refractivity (Wildman–Crippen MR) is 122 cm³/mol. The monoisotopic (exact) mass is 469 g/mol. The van der Waals surface area contributed by atoms with Crippen molar-refractivity contribution in [1.82, 2.24) is 0 Å². The van der Waals surface area contributed by atoms with Crippen LogP contribution in [-0.2, 0) is 9.59 Å². The van der Waals surface area contributed by atoms with Crippen LogP contribution in [0, 0.1) is 0 Å². The lowest BCUT2D eigenvalue weighted by molar-refractivity contribution is -0.132. The summed E-state index contributed by atoms with van der Waals surface area (Å²) in [7, 11) is 1.52. The van der Waals surface area contributed by atoms with E-state index in [0.29, 0.717) is 17.0 Å². The number of aromatic hydroxyl groups is 1. The molecule has 1 fully saturated rings. The maximum Gasteiger partial charge on any atom is 0.300 e. The summed E-state index contributed by atoms with van der Waals surface area (Å²) >= 11 is 12.1. The summed E-state index contributed by atoms with van der Waals surface area (Å²) in [5.41, 5.74) is 1.12. The molecule has 32 heavy (non-hydrogen) atoms. The number of aliphatic hydroxyl groups excluding tert-OH is 1. The molecule has 0 saturated carbocycles. The van der Waals surface area contributed by atoms with Crippen molar-refractivity contribution in [1.29, 1.82) is 0 Å². The lowest BCUT2D eigenvalue weighted by Crippen LogP contribution is -2.29. The first-order valence-corrected chi connectivity index (χ1v) is 10.3. The number of phenolic OH excluding ortho intramolecular Hbond substituents is 1. The number of phenols is 1. The number of carbonyl (C=O) groups is 2. The minimum atomic E-state index is -0.932. The normalized spacial score (nSPS) is 17.6. The number of nitrogens with zero attached hydrogens (tertiary/aromatic N) is 1. The lowest BCUT2D eigenvalue weighted by Gasteiger charge is -2.25. The average Bonchev–Trinajstić information content (AvgIpc) is 3.06. The summed E-state index contributed by atoms with van der Waals surface area (Å²) in [4.78, 5) is 27.5. The van der Waals surface area contributed by atoms with E-state index in [1.807, 2.05) is 0 Å². The van der Waals surface area contributed by atoms with E-state index < -0.39 is 17.7 Å². The van der Waals surface area contributed by atoms with Gasteiger partial charge in [-0.05, 0) is 60.2 Å². The van der Waals surface area contributed by atoms with E-state index in [9.17, 15) is 19.8 Å². The summed E-state index contributed by atoms with van der Waals surface area (Å²) in [5.74, 6) is -1.41. The first-order valence-electron chi connectivity index (χ1n) is 9.51. The molecule has 3 aromatic rings. The number of halogens is 2. The standard InChI is InChI=1S/C24H17Cl2NO5/c1-32-17-9-5-15(6-10-17)27-21(13-2-7-16(28)8-3-13)20(23(30)24(27)31)22(29)14-4-11-18(25)19(26)12-14/h2-12,21,28-29H,1H3/b22-20-. The molecule has 6 nitrogen and oxygen atoms in total. The van der Waals surface area contributed by atoms with Gasteiger partial charge >= 0.3 is 0 Å². The molecular formula is C24H17Cl2NO5. The number of aliphatic hydroxyl groups is 1. The van der Waals surface area contributed by atoms with Gasteiger partial charge in [0.25, 0.3) is 11.7 Å². The molecule has 0 spiro atoms. The van der Waals surface area contributed by atoms with E-state index in [1.165, 1.54) is 42.3 Å². The number of methoxy groups -OCH3 is 1. The number of ketones is 1. The molecule has 3 aromatic carbocycles. The zero-order valence-electron chi connectivity index (χ0n) is 16.8. The first-order chi connectivity index (χ1) is 15.3. The van der Waals surface area contributed by atoms with Crippen LogP contribution in [0.25, 0.3) is 5.76 Å². The van der Waals surface area contributed by atoms with E-state index in [0.717, 1.165) is 0 Å². The third-order valence-corrected chi connectivity index (χ3v) is 5.94. The zero-order chi connectivity index (χ0) is 23.0. The Morgan fingerprint density at radius 3 is 2.19 bits per heavy atom. The molecule has 1 saturated heterocycles. The molecule has 0 aliphatic carbocycles. The van der Waals surface area contributed by atoms with Crippen LogP contribution in [0.5, 0.6) is 11.5 Å². The van der Waals surface area contributed by atoms with Gasteiger partial charge in [-0.3, -0.25) is 14.5 Å². The minimum Gasteiger partial charge on any atom is -0.508 e. The maximum absolute atomic E-state index is 13.1. The minimum absolute atomic E-state index is 0.0274. The highest BCUT2D eigenvalue weighted by atomic mass is 35.5. The second-order valence-electron chi connectivity index (χ2n) is 7.09.